The van der Waals surface area contributed by atoms with Crippen molar-refractivity contribution in [3.05, 3.63) is 65.2 Å². The lowest BCUT2D eigenvalue weighted by atomic mass is 10.0. The van der Waals surface area contributed by atoms with Crippen LogP contribution in [-0.4, -0.2) is 18.2 Å². The van der Waals surface area contributed by atoms with Gasteiger partial charge in [-0.3, -0.25) is 0 Å². The summed E-state index contributed by atoms with van der Waals surface area (Å²) in [5.41, 5.74) is 4.56. The number of aliphatic hydroxyl groups is 1. The zero-order valence-corrected chi connectivity index (χ0v) is 12.5. The molecule has 2 aromatic rings. The van der Waals surface area contributed by atoms with E-state index in [-0.39, 0.29) is 0 Å². The van der Waals surface area contributed by atoms with Crippen LogP contribution in [0.4, 0.5) is 5.69 Å². The molecular weight excluding hydrogens is 246 g/mol. The van der Waals surface area contributed by atoms with Crippen molar-refractivity contribution in [2.24, 2.45) is 0 Å². The van der Waals surface area contributed by atoms with E-state index in [0.717, 1.165) is 17.7 Å². The van der Waals surface area contributed by atoms with Gasteiger partial charge < -0.3 is 10.0 Å². The maximum atomic E-state index is 10.5. The van der Waals surface area contributed by atoms with Gasteiger partial charge in [-0.25, -0.2) is 0 Å². The number of aryl methyl sites for hydroxylation is 2. The van der Waals surface area contributed by atoms with Crippen LogP contribution in [0.5, 0.6) is 0 Å². The van der Waals surface area contributed by atoms with E-state index in [4.69, 9.17) is 0 Å². The number of hydrogen-bond acceptors (Lipinski definition) is 2. The number of likely N-dealkylation sites (N-methyl/N-ethyl adjacent to an activating group) is 1. The Bertz CT molecular complexity index is 565. The van der Waals surface area contributed by atoms with Gasteiger partial charge in [0.25, 0.3) is 0 Å². The molecule has 0 saturated heterocycles. The molecule has 2 nitrogen and oxygen atoms in total. The fourth-order valence-corrected chi connectivity index (χ4v) is 2.51. The molecule has 20 heavy (non-hydrogen) atoms. The normalized spacial score (nSPS) is 12.2. The lowest BCUT2D eigenvalue weighted by Crippen LogP contribution is -2.28. The van der Waals surface area contributed by atoms with Crippen LogP contribution in [0.1, 0.15) is 29.7 Å². The van der Waals surface area contributed by atoms with Gasteiger partial charge in [0.2, 0.25) is 0 Å². The molecule has 0 aliphatic rings. The number of benzene rings is 2. The molecule has 0 spiro atoms. The first-order chi connectivity index (χ1) is 9.61. The third kappa shape index (κ3) is 3.40. The van der Waals surface area contributed by atoms with Crippen molar-refractivity contribution < 1.29 is 5.11 Å². The van der Waals surface area contributed by atoms with Gasteiger partial charge in [0.1, 0.15) is 0 Å². The van der Waals surface area contributed by atoms with Crippen LogP contribution in [0.15, 0.2) is 48.5 Å². The lowest BCUT2D eigenvalue weighted by molar-refractivity contribution is 0.183. The Morgan fingerprint density at radius 3 is 2.45 bits per heavy atom. The van der Waals surface area contributed by atoms with Crippen LogP contribution in [-0.2, 0) is 0 Å². The minimum atomic E-state index is -0.461. The van der Waals surface area contributed by atoms with Crippen molar-refractivity contribution in [1.82, 2.24) is 0 Å². The average molecular weight is 269 g/mol. The monoisotopic (exact) mass is 269 g/mol. The zero-order chi connectivity index (χ0) is 14.5. The van der Waals surface area contributed by atoms with E-state index < -0.39 is 6.10 Å². The van der Waals surface area contributed by atoms with Gasteiger partial charge >= 0.3 is 0 Å². The van der Waals surface area contributed by atoms with Crippen LogP contribution in [0.3, 0.4) is 0 Å². The molecule has 2 rings (SSSR count). The summed E-state index contributed by atoms with van der Waals surface area (Å²) >= 11 is 0. The molecule has 1 unspecified atom stereocenters. The van der Waals surface area contributed by atoms with Crippen LogP contribution < -0.4 is 4.90 Å². The Kier molecular flexibility index (Phi) is 4.80. The third-order valence-corrected chi connectivity index (χ3v) is 3.69. The summed E-state index contributed by atoms with van der Waals surface area (Å²) in [5.74, 6) is 0. The van der Waals surface area contributed by atoms with Crippen LogP contribution >= 0.6 is 0 Å². The van der Waals surface area contributed by atoms with Crippen LogP contribution in [0.25, 0.3) is 0 Å². The Labute approximate surface area is 121 Å². The molecule has 0 aliphatic heterocycles. The van der Waals surface area contributed by atoms with Gasteiger partial charge in [0, 0.05) is 18.8 Å². The molecule has 0 aromatic heterocycles. The molecule has 0 fully saturated rings. The van der Waals surface area contributed by atoms with Gasteiger partial charge in [-0.05, 0) is 49.6 Å². The summed E-state index contributed by atoms with van der Waals surface area (Å²) in [6.07, 6.45) is -0.461. The lowest BCUT2D eigenvalue weighted by Gasteiger charge is -2.27. The predicted octanol–water partition coefficient (Wildman–Crippen LogP) is 3.86. The highest BCUT2D eigenvalue weighted by Gasteiger charge is 2.14. The second kappa shape index (κ2) is 6.58. The number of hydrogen-bond donors (Lipinski definition) is 1. The van der Waals surface area contributed by atoms with E-state index in [0.29, 0.717) is 6.54 Å². The van der Waals surface area contributed by atoms with Crippen molar-refractivity contribution >= 4 is 5.69 Å². The Hall–Kier alpha value is -1.80. The van der Waals surface area contributed by atoms with Crippen LogP contribution in [0.2, 0.25) is 0 Å². The van der Waals surface area contributed by atoms with Crippen LogP contribution in [0, 0.1) is 13.8 Å². The summed E-state index contributed by atoms with van der Waals surface area (Å²) in [5, 5.41) is 10.5. The highest BCUT2D eigenvalue weighted by Crippen LogP contribution is 2.22. The third-order valence-electron chi connectivity index (χ3n) is 3.69. The van der Waals surface area contributed by atoms with Gasteiger partial charge in [0.15, 0.2) is 0 Å². The first kappa shape index (κ1) is 14.6. The fourth-order valence-electron chi connectivity index (χ4n) is 2.51. The molecule has 0 heterocycles. The standard InChI is InChI=1S/C18H23NO/c1-4-19(16-10-7-8-14(2)12-16)13-18(20)17-11-6-5-9-15(17)3/h5-12,18,20H,4,13H2,1-3H3. The molecule has 1 atom stereocenters. The van der Waals surface area contributed by atoms with E-state index in [1.54, 1.807) is 0 Å². The maximum absolute atomic E-state index is 10.5. The van der Waals surface area contributed by atoms with E-state index in [2.05, 4.69) is 43.0 Å². The van der Waals surface area contributed by atoms with E-state index in [1.807, 2.05) is 31.2 Å². The number of anilines is 1. The topological polar surface area (TPSA) is 23.5 Å². The number of rotatable bonds is 5. The van der Waals surface area contributed by atoms with E-state index in [9.17, 15) is 5.11 Å². The molecule has 0 radical (unpaired) electrons. The Balaban J connectivity index is 2.16. The minimum absolute atomic E-state index is 0.461. The predicted molar refractivity (Wildman–Crippen MR) is 85.2 cm³/mol. The molecule has 0 saturated carbocycles. The molecular formula is C18H23NO. The average Bonchev–Trinajstić information content (AvgIpc) is 2.45. The molecule has 2 aromatic carbocycles. The smallest absolute Gasteiger partial charge is 0.0967 e. The van der Waals surface area contributed by atoms with Gasteiger partial charge in [-0.1, -0.05) is 36.4 Å². The summed E-state index contributed by atoms with van der Waals surface area (Å²) in [7, 11) is 0. The first-order valence-electron chi connectivity index (χ1n) is 7.17. The number of nitrogens with zero attached hydrogens (tertiary/aromatic N) is 1. The minimum Gasteiger partial charge on any atom is -0.387 e. The highest BCUT2D eigenvalue weighted by atomic mass is 16.3. The van der Waals surface area contributed by atoms with Gasteiger partial charge in [0.05, 0.1) is 6.10 Å². The van der Waals surface area contributed by atoms with E-state index in [1.165, 1.54) is 11.3 Å². The molecule has 0 aliphatic carbocycles. The largest absolute Gasteiger partial charge is 0.387 e. The number of aliphatic hydroxyl groups excluding tert-OH is 1. The van der Waals surface area contributed by atoms with Gasteiger partial charge in [-0.15, -0.1) is 0 Å². The molecule has 2 heteroatoms. The molecule has 0 amide bonds. The quantitative estimate of drug-likeness (QED) is 0.891. The second-order valence-electron chi connectivity index (χ2n) is 5.25. The second-order valence-corrected chi connectivity index (χ2v) is 5.25. The molecule has 1 N–H and O–H groups in total. The Morgan fingerprint density at radius 2 is 1.80 bits per heavy atom. The first-order valence-corrected chi connectivity index (χ1v) is 7.17. The van der Waals surface area contributed by atoms with Crippen molar-refractivity contribution in [2.45, 2.75) is 26.9 Å². The zero-order valence-electron chi connectivity index (χ0n) is 12.5. The van der Waals surface area contributed by atoms with Crippen molar-refractivity contribution in [1.29, 1.82) is 0 Å². The van der Waals surface area contributed by atoms with E-state index >= 15 is 0 Å². The highest BCUT2D eigenvalue weighted by molar-refractivity contribution is 5.48. The summed E-state index contributed by atoms with van der Waals surface area (Å²) < 4.78 is 0. The van der Waals surface area contributed by atoms with Crippen molar-refractivity contribution in [3.63, 3.8) is 0 Å². The summed E-state index contributed by atoms with van der Waals surface area (Å²) in [6, 6.07) is 16.4. The molecule has 0 bridgehead atoms. The summed E-state index contributed by atoms with van der Waals surface area (Å²) in [6.45, 7) is 7.75. The Morgan fingerprint density at radius 1 is 1.05 bits per heavy atom. The van der Waals surface area contributed by atoms with Crippen molar-refractivity contribution in [3.8, 4) is 0 Å². The maximum Gasteiger partial charge on any atom is 0.0967 e. The van der Waals surface area contributed by atoms with Gasteiger partial charge in [-0.2, -0.15) is 0 Å². The SMILES string of the molecule is CCN(CC(O)c1ccccc1C)c1cccc(C)c1. The van der Waals surface area contributed by atoms with Crippen molar-refractivity contribution in [2.75, 3.05) is 18.0 Å². The summed E-state index contributed by atoms with van der Waals surface area (Å²) in [4.78, 5) is 2.21. The fraction of sp³-hybridized carbons (Fsp3) is 0.333. The molecule has 106 valence electrons.